The second-order valence-electron chi connectivity index (χ2n) is 8.32. The number of ether oxygens (including phenoxy) is 1. The standard InChI is InChI=1S/C26H23ClN6O2/c1-16-5-3-7-21(13-16)29-25(34)23-17(2)28-26-30-31-32-33(26)24(23)19-6-4-8-22(14-19)35-15-18-9-11-20(27)12-10-18/h3-14,24H,15H2,1-2H3,(H,29,34)(H,28,30,32). The van der Waals surface area contributed by atoms with Crippen LogP contribution in [0, 0.1) is 6.92 Å². The summed E-state index contributed by atoms with van der Waals surface area (Å²) < 4.78 is 7.64. The predicted octanol–water partition coefficient (Wildman–Crippen LogP) is 5.14. The van der Waals surface area contributed by atoms with Crippen LogP contribution in [-0.2, 0) is 11.4 Å². The summed E-state index contributed by atoms with van der Waals surface area (Å²) in [6.07, 6.45) is 0. The fraction of sp³-hybridized carbons (Fsp3) is 0.154. The Bertz CT molecular complexity index is 1410. The van der Waals surface area contributed by atoms with Crippen LogP contribution in [0.3, 0.4) is 0 Å². The molecule has 1 aliphatic heterocycles. The number of allylic oxidation sites excluding steroid dienone is 1. The van der Waals surface area contributed by atoms with Crippen molar-refractivity contribution in [3.8, 4) is 5.75 Å². The molecular weight excluding hydrogens is 464 g/mol. The van der Waals surface area contributed by atoms with Gasteiger partial charge in [0.2, 0.25) is 5.95 Å². The lowest BCUT2D eigenvalue weighted by atomic mass is 9.94. The SMILES string of the molecule is CC1=C(C(=O)Nc2cccc(C)c2)C(c2cccc(OCc3ccc(Cl)cc3)c2)n2nnnc2N1. The molecule has 0 radical (unpaired) electrons. The second-order valence-corrected chi connectivity index (χ2v) is 8.76. The van der Waals surface area contributed by atoms with E-state index in [0.29, 0.717) is 34.6 Å². The Morgan fingerprint density at radius 1 is 1.09 bits per heavy atom. The fourth-order valence-electron chi connectivity index (χ4n) is 4.06. The van der Waals surface area contributed by atoms with Gasteiger partial charge in [-0.05, 0) is 77.4 Å². The molecule has 8 nitrogen and oxygen atoms in total. The van der Waals surface area contributed by atoms with E-state index >= 15 is 0 Å². The third kappa shape index (κ3) is 4.88. The average Bonchev–Trinajstić information content (AvgIpc) is 3.31. The number of halogens is 1. The zero-order valence-electron chi connectivity index (χ0n) is 19.2. The molecule has 1 amide bonds. The number of nitrogens with one attached hydrogen (secondary N) is 2. The first-order valence-corrected chi connectivity index (χ1v) is 11.5. The van der Waals surface area contributed by atoms with Crippen molar-refractivity contribution in [2.24, 2.45) is 0 Å². The third-order valence-electron chi connectivity index (χ3n) is 5.73. The quantitative estimate of drug-likeness (QED) is 0.392. The van der Waals surface area contributed by atoms with Crippen molar-refractivity contribution < 1.29 is 9.53 Å². The molecular formula is C26H23ClN6O2. The molecule has 2 heterocycles. The summed E-state index contributed by atoms with van der Waals surface area (Å²) >= 11 is 5.98. The van der Waals surface area contributed by atoms with E-state index in [2.05, 4.69) is 26.2 Å². The summed E-state index contributed by atoms with van der Waals surface area (Å²) in [5, 5.41) is 18.9. The van der Waals surface area contributed by atoms with E-state index in [9.17, 15) is 4.79 Å². The monoisotopic (exact) mass is 486 g/mol. The first-order valence-electron chi connectivity index (χ1n) is 11.1. The lowest BCUT2D eigenvalue weighted by Gasteiger charge is -2.28. The fourth-order valence-corrected chi connectivity index (χ4v) is 4.18. The van der Waals surface area contributed by atoms with Gasteiger partial charge in [-0.3, -0.25) is 4.79 Å². The highest BCUT2D eigenvalue weighted by Crippen LogP contribution is 2.36. The van der Waals surface area contributed by atoms with Gasteiger partial charge in [-0.1, -0.05) is 53.1 Å². The second kappa shape index (κ2) is 9.60. The van der Waals surface area contributed by atoms with Crippen molar-refractivity contribution in [1.29, 1.82) is 0 Å². The van der Waals surface area contributed by atoms with Crippen LogP contribution in [0.25, 0.3) is 0 Å². The molecule has 5 rings (SSSR count). The number of aromatic nitrogens is 4. The lowest BCUT2D eigenvalue weighted by Crippen LogP contribution is -2.31. The molecule has 0 aliphatic carbocycles. The molecule has 4 aromatic rings. The maximum Gasteiger partial charge on any atom is 0.255 e. The van der Waals surface area contributed by atoms with Crippen molar-refractivity contribution in [2.45, 2.75) is 26.5 Å². The van der Waals surface area contributed by atoms with Crippen LogP contribution in [0.1, 0.15) is 29.7 Å². The van der Waals surface area contributed by atoms with Gasteiger partial charge in [0.05, 0.1) is 5.57 Å². The van der Waals surface area contributed by atoms with Crippen molar-refractivity contribution in [2.75, 3.05) is 10.6 Å². The topological polar surface area (TPSA) is 94.0 Å². The Balaban J connectivity index is 1.45. The summed E-state index contributed by atoms with van der Waals surface area (Å²) in [5.41, 5.74) is 4.79. The van der Waals surface area contributed by atoms with Crippen molar-refractivity contribution in [3.05, 3.63) is 106 Å². The van der Waals surface area contributed by atoms with Gasteiger partial charge >= 0.3 is 0 Å². The van der Waals surface area contributed by atoms with Gasteiger partial charge in [0.15, 0.2) is 0 Å². The van der Waals surface area contributed by atoms with Crippen LogP contribution in [0.15, 0.2) is 84.1 Å². The molecule has 0 saturated carbocycles. The molecule has 176 valence electrons. The normalized spacial score (nSPS) is 14.8. The number of nitrogens with zero attached hydrogens (tertiary/aromatic N) is 4. The number of hydrogen-bond donors (Lipinski definition) is 2. The van der Waals surface area contributed by atoms with E-state index in [-0.39, 0.29) is 5.91 Å². The first kappa shape index (κ1) is 22.6. The zero-order valence-corrected chi connectivity index (χ0v) is 20.0. The summed E-state index contributed by atoms with van der Waals surface area (Å²) in [7, 11) is 0. The van der Waals surface area contributed by atoms with Crippen molar-refractivity contribution >= 4 is 29.1 Å². The van der Waals surface area contributed by atoms with Crippen molar-refractivity contribution in [3.63, 3.8) is 0 Å². The minimum absolute atomic E-state index is 0.237. The van der Waals surface area contributed by atoms with E-state index < -0.39 is 6.04 Å². The molecule has 1 aromatic heterocycles. The number of rotatable bonds is 6. The number of anilines is 2. The van der Waals surface area contributed by atoms with Crippen LogP contribution >= 0.6 is 11.6 Å². The number of fused-ring (bicyclic) bond motifs is 1. The Kier molecular flexibility index (Phi) is 6.20. The van der Waals surface area contributed by atoms with E-state index in [1.807, 2.05) is 86.6 Å². The smallest absolute Gasteiger partial charge is 0.255 e. The largest absolute Gasteiger partial charge is 0.489 e. The number of benzene rings is 3. The van der Waals surface area contributed by atoms with E-state index in [4.69, 9.17) is 16.3 Å². The first-order chi connectivity index (χ1) is 17.0. The highest BCUT2D eigenvalue weighted by Gasteiger charge is 2.34. The summed E-state index contributed by atoms with van der Waals surface area (Å²) in [6, 6.07) is 22.3. The zero-order chi connectivity index (χ0) is 24.4. The van der Waals surface area contributed by atoms with Crippen molar-refractivity contribution in [1.82, 2.24) is 20.2 Å². The highest BCUT2D eigenvalue weighted by atomic mass is 35.5. The molecule has 1 atom stereocenters. The summed E-state index contributed by atoms with van der Waals surface area (Å²) in [4.78, 5) is 13.5. The molecule has 0 bridgehead atoms. The van der Waals surface area contributed by atoms with Gasteiger partial charge in [-0.15, -0.1) is 0 Å². The van der Waals surface area contributed by atoms with Crippen LogP contribution in [0.2, 0.25) is 5.02 Å². The molecule has 0 saturated heterocycles. The average molecular weight is 487 g/mol. The van der Waals surface area contributed by atoms with Crippen LogP contribution in [0.5, 0.6) is 5.75 Å². The van der Waals surface area contributed by atoms with Gasteiger partial charge in [0.25, 0.3) is 5.91 Å². The Labute approximate surface area is 207 Å². The molecule has 35 heavy (non-hydrogen) atoms. The predicted molar refractivity (Wildman–Crippen MR) is 134 cm³/mol. The number of hydrogen-bond acceptors (Lipinski definition) is 6. The molecule has 1 aliphatic rings. The molecule has 9 heteroatoms. The number of carbonyl (C=O) groups is 1. The molecule has 1 unspecified atom stereocenters. The van der Waals surface area contributed by atoms with Gasteiger partial charge < -0.3 is 15.4 Å². The Morgan fingerprint density at radius 2 is 1.89 bits per heavy atom. The van der Waals surface area contributed by atoms with E-state index in [0.717, 1.165) is 22.4 Å². The van der Waals surface area contributed by atoms with Gasteiger partial charge in [0, 0.05) is 16.4 Å². The van der Waals surface area contributed by atoms with Crippen LogP contribution in [0.4, 0.5) is 11.6 Å². The molecule has 2 N–H and O–H groups in total. The minimum atomic E-state index is -0.537. The minimum Gasteiger partial charge on any atom is -0.489 e. The highest BCUT2D eigenvalue weighted by molar-refractivity contribution is 6.30. The van der Waals surface area contributed by atoms with Gasteiger partial charge in [0.1, 0.15) is 18.4 Å². The van der Waals surface area contributed by atoms with Crippen LogP contribution < -0.4 is 15.4 Å². The number of amides is 1. The Morgan fingerprint density at radius 3 is 2.69 bits per heavy atom. The van der Waals surface area contributed by atoms with E-state index in [1.165, 1.54) is 0 Å². The van der Waals surface area contributed by atoms with Gasteiger partial charge in [-0.2, -0.15) is 4.68 Å². The lowest BCUT2D eigenvalue weighted by molar-refractivity contribution is -0.113. The maximum absolute atomic E-state index is 13.5. The van der Waals surface area contributed by atoms with Gasteiger partial charge in [-0.25, -0.2) is 0 Å². The Hall–Kier alpha value is -4.17. The number of carbonyl (C=O) groups excluding carboxylic acids is 1. The molecule has 3 aromatic carbocycles. The van der Waals surface area contributed by atoms with E-state index in [1.54, 1.807) is 4.68 Å². The molecule has 0 fully saturated rings. The summed E-state index contributed by atoms with van der Waals surface area (Å²) in [5.74, 6) is 0.896. The maximum atomic E-state index is 13.5. The molecule has 0 spiro atoms. The van der Waals surface area contributed by atoms with Crippen LogP contribution in [-0.4, -0.2) is 26.1 Å². The summed E-state index contributed by atoms with van der Waals surface area (Å²) in [6.45, 7) is 4.21. The number of tetrazole rings is 1. The number of aryl methyl sites for hydroxylation is 1. The third-order valence-corrected chi connectivity index (χ3v) is 5.98.